The maximum atomic E-state index is 11.1. The first kappa shape index (κ1) is 17.5. The van der Waals surface area contributed by atoms with E-state index < -0.39 is 5.97 Å². The number of hydrogen-bond donors (Lipinski definition) is 1. The zero-order valence-electron chi connectivity index (χ0n) is 13.3. The lowest BCUT2D eigenvalue weighted by atomic mass is 10.1. The molecule has 0 fully saturated rings. The first-order valence-corrected chi connectivity index (χ1v) is 7.65. The molecule has 0 spiro atoms. The van der Waals surface area contributed by atoms with Gasteiger partial charge < -0.3 is 9.84 Å². The summed E-state index contributed by atoms with van der Waals surface area (Å²) in [6, 6.07) is 7.97. The van der Waals surface area contributed by atoms with E-state index in [4.69, 9.17) is 9.84 Å². The maximum absolute atomic E-state index is 11.1. The van der Waals surface area contributed by atoms with E-state index in [1.54, 1.807) is 14.0 Å². The molecule has 0 amide bonds. The van der Waals surface area contributed by atoms with Crippen LogP contribution in [-0.2, 0) is 11.3 Å². The van der Waals surface area contributed by atoms with Gasteiger partial charge in [-0.1, -0.05) is 38.8 Å². The number of carbonyl (C=O) groups is 1. The summed E-state index contributed by atoms with van der Waals surface area (Å²) in [6.45, 7) is 6.25. The second-order valence-electron chi connectivity index (χ2n) is 5.53. The molecule has 1 N–H and O–H groups in total. The summed E-state index contributed by atoms with van der Waals surface area (Å²) in [6.07, 6.45) is 3.46. The number of rotatable bonds is 10. The Bertz CT molecular complexity index is 417. The van der Waals surface area contributed by atoms with Crippen LogP contribution in [0.4, 0.5) is 0 Å². The summed E-state index contributed by atoms with van der Waals surface area (Å²) < 4.78 is 5.16. The van der Waals surface area contributed by atoms with Gasteiger partial charge in [-0.2, -0.15) is 0 Å². The molecule has 21 heavy (non-hydrogen) atoms. The molecule has 0 saturated heterocycles. The lowest BCUT2D eigenvalue weighted by Gasteiger charge is -2.24. The summed E-state index contributed by atoms with van der Waals surface area (Å²) in [4.78, 5) is 13.3. The number of hydrogen-bond acceptors (Lipinski definition) is 3. The second-order valence-corrected chi connectivity index (χ2v) is 5.53. The SMILES string of the molecule is CCCCCN(Cc1ccc(OC)cc1)CC(C)C(=O)O. The fourth-order valence-corrected chi connectivity index (χ4v) is 2.27. The minimum absolute atomic E-state index is 0.343. The van der Waals surface area contributed by atoms with Crippen molar-refractivity contribution in [3.8, 4) is 5.75 Å². The Morgan fingerprint density at radius 1 is 1.29 bits per heavy atom. The number of unbranched alkanes of at least 4 members (excludes halogenated alkanes) is 2. The maximum Gasteiger partial charge on any atom is 0.307 e. The normalized spacial score (nSPS) is 12.4. The number of ether oxygens (including phenoxy) is 1. The highest BCUT2D eigenvalue weighted by Gasteiger charge is 2.16. The van der Waals surface area contributed by atoms with Gasteiger partial charge in [0.1, 0.15) is 5.75 Å². The highest BCUT2D eigenvalue weighted by Crippen LogP contribution is 2.14. The zero-order chi connectivity index (χ0) is 15.7. The topological polar surface area (TPSA) is 49.8 Å². The molecule has 0 aromatic heterocycles. The zero-order valence-corrected chi connectivity index (χ0v) is 13.3. The Balaban J connectivity index is 2.63. The highest BCUT2D eigenvalue weighted by atomic mass is 16.5. The molecule has 4 heteroatoms. The summed E-state index contributed by atoms with van der Waals surface area (Å²) >= 11 is 0. The van der Waals surface area contributed by atoms with Gasteiger partial charge in [-0.05, 0) is 30.7 Å². The Morgan fingerprint density at radius 2 is 1.95 bits per heavy atom. The molecule has 4 nitrogen and oxygen atoms in total. The minimum Gasteiger partial charge on any atom is -0.497 e. The molecule has 0 aliphatic rings. The Kier molecular flexibility index (Phi) is 7.83. The standard InChI is InChI=1S/C17H27NO3/c1-4-5-6-11-18(12-14(2)17(19)20)13-15-7-9-16(21-3)10-8-15/h7-10,14H,4-6,11-13H2,1-3H3,(H,19,20). The van der Waals surface area contributed by atoms with Gasteiger partial charge in [0.15, 0.2) is 0 Å². The number of nitrogens with zero attached hydrogens (tertiary/aromatic N) is 1. The lowest BCUT2D eigenvalue weighted by Crippen LogP contribution is -2.32. The number of aliphatic carboxylic acids is 1. The van der Waals surface area contributed by atoms with Gasteiger partial charge in [0.2, 0.25) is 0 Å². The van der Waals surface area contributed by atoms with Gasteiger partial charge in [-0.25, -0.2) is 0 Å². The van der Waals surface area contributed by atoms with Crippen molar-refractivity contribution in [3.05, 3.63) is 29.8 Å². The molecular formula is C17H27NO3. The number of carboxylic acids is 1. The molecule has 1 atom stereocenters. The summed E-state index contributed by atoms with van der Waals surface area (Å²) in [5.74, 6) is -0.231. The van der Waals surface area contributed by atoms with Crippen molar-refractivity contribution in [1.82, 2.24) is 4.90 Å². The van der Waals surface area contributed by atoms with Crippen molar-refractivity contribution in [2.75, 3.05) is 20.2 Å². The first-order chi connectivity index (χ1) is 10.1. The molecule has 1 unspecified atom stereocenters. The van der Waals surface area contributed by atoms with Crippen molar-refractivity contribution < 1.29 is 14.6 Å². The third-order valence-corrected chi connectivity index (χ3v) is 3.60. The van der Waals surface area contributed by atoms with E-state index in [-0.39, 0.29) is 5.92 Å². The second kappa shape index (κ2) is 9.40. The van der Waals surface area contributed by atoms with Gasteiger partial charge >= 0.3 is 5.97 Å². The molecule has 1 aromatic rings. The van der Waals surface area contributed by atoms with Crippen LogP contribution in [0.1, 0.15) is 38.7 Å². The van der Waals surface area contributed by atoms with Crippen LogP contribution in [0.2, 0.25) is 0 Å². The van der Waals surface area contributed by atoms with Gasteiger partial charge in [0, 0.05) is 13.1 Å². The van der Waals surface area contributed by atoms with Crippen LogP contribution in [0.25, 0.3) is 0 Å². The molecule has 0 aliphatic heterocycles. The third-order valence-electron chi connectivity index (χ3n) is 3.60. The molecule has 0 bridgehead atoms. The van der Waals surface area contributed by atoms with E-state index in [0.717, 1.165) is 25.3 Å². The van der Waals surface area contributed by atoms with Crippen LogP contribution in [0.5, 0.6) is 5.75 Å². The quantitative estimate of drug-likeness (QED) is 0.672. The van der Waals surface area contributed by atoms with Crippen molar-refractivity contribution in [1.29, 1.82) is 0 Å². The van der Waals surface area contributed by atoms with Crippen LogP contribution in [0, 0.1) is 5.92 Å². The number of benzene rings is 1. The molecule has 118 valence electrons. The fourth-order valence-electron chi connectivity index (χ4n) is 2.27. The van der Waals surface area contributed by atoms with E-state index in [2.05, 4.69) is 11.8 Å². The van der Waals surface area contributed by atoms with Gasteiger partial charge in [0.25, 0.3) is 0 Å². The van der Waals surface area contributed by atoms with Crippen LogP contribution >= 0.6 is 0 Å². The van der Waals surface area contributed by atoms with Crippen molar-refractivity contribution in [3.63, 3.8) is 0 Å². The molecule has 1 rings (SSSR count). The fraction of sp³-hybridized carbons (Fsp3) is 0.588. The van der Waals surface area contributed by atoms with Crippen molar-refractivity contribution in [2.45, 2.75) is 39.7 Å². The van der Waals surface area contributed by atoms with Crippen LogP contribution in [0.3, 0.4) is 0 Å². The predicted octanol–water partition coefficient (Wildman–Crippen LogP) is 3.41. The Morgan fingerprint density at radius 3 is 2.48 bits per heavy atom. The van der Waals surface area contributed by atoms with Crippen molar-refractivity contribution >= 4 is 5.97 Å². The molecule has 0 aliphatic carbocycles. The molecule has 0 saturated carbocycles. The average Bonchev–Trinajstić information content (AvgIpc) is 2.48. The van der Waals surface area contributed by atoms with E-state index in [1.807, 2.05) is 24.3 Å². The average molecular weight is 293 g/mol. The monoisotopic (exact) mass is 293 g/mol. The molecular weight excluding hydrogens is 266 g/mol. The van der Waals surface area contributed by atoms with E-state index >= 15 is 0 Å². The van der Waals surface area contributed by atoms with E-state index in [9.17, 15) is 4.79 Å². The van der Waals surface area contributed by atoms with E-state index in [1.165, 1.54) is 18.4 Å². The smallest absolute Gasteiger partial charge is 0.307 e. The number of carboxylic acid groups (broad SMARTS) is 1. The first-order valence-electron chi connectivity index (χ1n) is 7.65. The van der Waals surface area contributed by atoms with Crippen LogP contribution < -0.4 is 4.74 Å². The summed E-state index contributed by atoms with van der Waals surface area (Å²) in [7, 11) is 1.65. The third kappa shape index (κ3) is 6.63. The molecule has 1 aromatic carbocycles. The van der Waals surface area contributed by atoms with Gasteiger partial charge in [-0.15, -0.1) is 0 Å². The Labute approximate surface area is 127 Å². The Hall–Kier alpha value is -1.55. The summed E-state index contributed by atoms with van der Waals surface area (Å²) in [5.41, 5.74) is 1.19. The van der Waals surface area contributed by atoms with Gasteiger partial charge in [-0.3, -0.25) is 9.69 Å². The van der Waals surface area contributed by atoms with Crippen LogP contribution in [0.15, 0.2) is 24.3 Å². The number of methoxy groups -OCH3 is 1. The largest absolute Gasteiger partial charge is 0.497 e. The van der Waals surface area contributed by atoms with Crippen molar-refractivity contribution in [2.24, 2.45) is 5.92 Å². The van der Waals surface area contributed by atoms with Gasteiger partial charge in [0.05, 0.1) is 13.0 Å². The minimum atomic E-state index is -0.731. The summed E-state index contributed by atoms with van der Waals surface area (Å²) in [5, 5.41) is 9.09. The molecule has 0 heterocycles. The predicted molar refractivity (Wildman–Crippen MR) is 84.6 cm³/mol. The van der Waals surface area contributed by atoms with Crippen LogP contribution in [-0.4, -0.2) is 36.2 Å². The lowest BCUT2D eigenvalue weighted by molar-refractivity contribution is -0.141. The molecule has 0 radical (unpaired) electrons. The van der Waals surface area contributed by atoms with E-state index in [0.29, 0.717) is 6.54 Å². The highest BCUT2D eigenvalue weighted by molar-refractivity contribution is 5.69.